The second kappa shape index (κ2) is 8.93. The van der Waals surface area contributed by atoms with Crippen LogP contribution < -0.4 is 5.32 Å². The van der Waals surface area contributed by atoms with Gasteiger partial charge in [0.05, 0.1) is 16.1 Å². The SMILES string of the molecule is CC(CCc1ccco1)Nc1ccc(S(=O)(=O)N2CCN(C)CC2)cc1[N+](=O)[O-]. The van der Waals surface area contributed by atoms with E-state index in [0.717, 1.165) is 11.8 Å². The lowest BCUT2D eigenvalue weighted by Gasteiger charge is -2.31. The molecule has 10 heteroatoms. The van der Waals surface area contributed by atoms with Gasteiger partial charge < -0.3 is 14.6 Å². The van der Waals surface area contributed by atoms with Crippen LogP contribution in [0.3, 0.4) is 0 Å². The minimum Gasteiger partial charge on any atom is -0.469 e. The van der Waals surface area contributed by atoms with Crippen molar-refractivity contribution in [3.63, 3.8) is 0 Å². The van der Waals surface area contributed by atoms with Gasteiger partial charge in [-0.3, -0.25) is 10.1 Å². The molecule has 0 radical (unpaired) electrons. The highest BCUT2D eigenvalue weighted by atomic mass is 32.2. The van der Waals surface area contributed by atoms with Crippen molar-refractivity contribution in [3.8, 4) is 0 Å². The Balaban J connectivity index is 1.75. The van der Waals surface area contributed by atoms with Gasteiger partial charge in [-0.15, -0.1) is 0 Å². The van der Waals surface area contributed by atoms with Crippen LogP contribution in [-0.4, -0.2) is 61.8 Å². The molecule has 1 aliphatic heterocycles. The average molecular weight is 423 g/mol. The Morgan fingerprint density at radius 1 is 1.24 bits per heavy atom. The van der Waals surface area contributed by atoms with Crippen LogP contribution in [0.15, 0.2) is 45.9 Å². The fourth-order valence-electron chi connectivity index (χ4n) is 3.27. The molecule has 2 aromatic rings. The van der Waals surface area contributed by atoms with E-state index in [4.69, 9.17) is 4.42 Å². The van der Waals surface area contributed by atoms with Crippen molar-refractivity contribution in [1.29, 1.82) is 0 Å². The monoisotopic (exact) mass is 422 g/mol. The molecule has 1 aliphatic rings. The zero-order valence-corrected chi connectivity index (χ0v) is 17.4. The quantitative estimate of drug-likeness (QED) is 0.514. The number of benzene rings is 1. The Bertz CT molecular complexity index is 938. The van der Waals surface area contributed by atoms with Gasteiger partial charge in [-0.05, 0) is 44.7 Å². The summed E-state index contributed by atoms with van der Waals surface area (Å²) in [6.07, 6.45) is 3.02. The van der Waals surface area contributed by atoms with E-state index in [-0.39, 0.29) is 16.6 Å². The molecular weight excluding hydrogens is 396 g/mol. The summed E-state index contributed by atoms with van der Waals surface area (Å²) in [5.74, 6) is 0.849. The predicted octanol–water partition coefficient (Wildman–Crippen LogP) is 2.56. The van der Waals surface area contributed by atoms with Crippen LogP contribution in [0.4, 0.5) is 11.4 Å². The maximum atomic E-state index is 12.9. The second-order valence-corrected chi connectivity index (χ2v) is 9.24. The summed E-state index contributed by atoms with van der Waals surface area (Å²) < 4.78 is 32.5. The number of nitrogens with zero attached hydrogens (tertiary/aromatic N) is 3. The third kappa shape index (κ3) is 5.14. The van der Waals surface area contributed by atoms with Crippen LogP contribution in [-0.2, 0) is 16.4 Å². The van der Waals surface area contributed by atoms with E-state index in [1.54, 1.807) is 6.26 Å². The molecule has 0 aliphatic carbocycles. The van der Waals surface area contributed by atoms with E-state index in [0.29, 0.717) is 44.7 Å². The summed E-state index contributed by atoms with van der Waals surface area (Å²) in [5.41, 5.74) is 0.0596. The topological polar surface area (TPSA) is 109 Å². The molecule has 1 aromatic heterocycles. The fourth-order valence-corrected chi connectivity index (χ4v) is 4.72. The molecule has 1 saturated heterocycles. The molecule has 29 heavy (non-hydrogen) atoms. The van der Waals surface area contributed by atoms with Crippen LogP contribution in [0.25, 0.3) is 0 Å². The van der Waals surface area contributed by atoms with Crippen LogP contribution in [0.2, 0.25) is 0 Å². The summed E-state index contributed by atoms with van der Waals surface area (Å²) in [5, 5.41) is 14.7. The lowest BCUT2D eigenvalue weighted by Crippen LogP contribution is -2.47. The molecule has 158 valence electrons. The first-order valence-electron chi connectivity index (χ1n) is 9.53. The lowest BCUT2D eigenvalue weighted by molar-refractivity contribution is -0.384. The van der Waals surface area contributed by atoms with Gasteiger partial charge >= 0.3 is 0 Å². The molecular formula is C19H26N4O5S. The first-order valence-corrected chi connectivity index (χ1v) is 11.0. The van der Waals surface area contributed by atoms with Gasteiger partial charge in [-0.1, -0.05) is 0 Å². The van der Waals surface area contributed by atoms with Gasteiger partial charge in [0.1, 0.15) is 11.4 Å². The lowest BCUT2D eigenvalue weighted by atomic mass is 10.1. The first-order chi connectivity index (χ1) is 13.8. The summed E-state index contributed by atoms with van der Waals surface area (Å²) in [7, 11) is -1.83. The molecule has 1 unspecified atom stereocenters. The van der Waals surface area contributed by atoms with Crippen LogP contribution in [0, 0.1) is 10.1 Å². The number of anilines is 1. The Kier molecular flexibility index (Phi) is 6.56. The van der Waals surface area contributed by atoms with E-state index in [2.05, 4.69) is 5.32 Å². The molecule has 0 amide bonds. The average Bonchev–Trinajstić information content (AvgIpc) is 3.20. The number of nitrogens with one attached hydrogen (secondary N) is 1. The maximum absolute atomic E-state index is 12.9. The van der Waals surface area contributed by atoms with E-state index in [9.17, 15) is 18.5 Å². The van der Waals surface area contributed by atoms with Crippen LogP contribution in [0.1, 0.15) is 19.1 Å². The minimum atomic E-state index is -3.76. The van der Waals surface area contributed by atoms with Crippen molar-refractivity contribution in [2.45, 2.75) is 30.7 Å². The zero-order valence-electron chi connectivity index (χ0n) is 16.6. The molecule has 3 rings (SSSR count). The van der Waals surface area contributed by atoms with Crippen LogP contribution >= 0.6 is 0 Å². The normalized spacial score (nSPS) is 17.2. The van der Waals surface area contributed by atoms with Crippen molar-refractivity contribution in [3.05, 3.63) is 52.5 Å². The number of aryl methyl sites for hydroxylation is 1. The third-order valence-electron chi connectivity index (χ3n) is 5.07. The molecule has 1 N–H and O–H groups in total. The number of rotatable bonds is 8. The van der Waals surface area contributed by atoms with Crippen molar-refractivity contribution < 1.29 is 17.8 Å². The number of furan rings is 1. The van der Waals surface area contributed by atoms with E-state index >= 15 is 0 Å². The van der Waals surface area contributed by atoms with Gasteiger partial charge in [0.25, 0.3) is 5.69 Å². The highest BCUT2D eigenvalue weighted by Crippen LogP contribution is 2.30. The Morgan fingerprint density at radius 2 is 1.97 bits per heavy atom. The Hall–Kier alpha value is -2.43. The molecule has 0 saturated carbocycles. The van der Waals surface area contributed by atoms with E-state index in [1.165, 1.54) is 16.4 Å². The van der Waals surface area contributed by atoms with E-state index < -0.39 is 14.9 Å². The molecule has 2 heterocycles. The number of hydrogen-bond donors (Lipinski definition) is 1. The summed E-state index contributed by atoms with van der Waals surface area (Å²) in [6, 6.07) is 7.70. The molecule has 1 aromatic carbocycles. The number of nitro benzene ring substituents is 1. The number of piperazine rings is 1. The predicted molar refractivity (Wildman–Crippen MR) is 109 cm³/mol. The molecule has 0 bridgehead atoms. The summed E-state index contributed by atoms with van der Waals surface area (Å²) >= 11 is 0. The maximum Gasteiger partial charge on any atom is 0.293 e. The minimum absolute atomic E-state index is 0.0532. The smallest absolute Gasteiger partial charge is 0.293 e. The van der Waals surface area contributed by atoms with Crippen molar-refractivity contribution in [2.75, 3.05) is 38.5 Å². The second-order valence-electron chi connectivity index (χ2n) is 7.31. The van der Waals surface area contributed by atoms with Gasteiger partial charge in [0, 0.05) is 44.7 Å². The van der Waals surface area contributed by atoms with Crippen LogP contribution in [0.5, 0.6) is 0 Å². The van der Waals surface area contributed by atoms with Crippen molar-refractivity contribution in [2.24, 2.45) is 0 Å². The van der Waals surface area contributed by atoms with Gasteiger partial charge in [0.15, 0.2) is 0 Å². The largest absolute Gasteiger partial charge is 0.469 e. The van der Waals surface area contributed by atoms with Crippen molar-refractivity contribution in [1.82, 2.24) is 9.21 Å². The molecule has 1 fully saturated rings. The van der Waals surface area contributed by atoms with Crippen molar-refractivity contribution >= 4 is 21.4 Å². The molecule has 0 spiro atoms. The highest BCUT2D eigenvalue weighted by Gasteiger charge is 2.29. The van der Waals surface area contributed by atoms with Gasteiger partial charge in [-0.25, -0.2) is 8.42 Å². The number of likely N-dealkylation sites (N-methyl/N-ethyl adjacent to an activating group) is 1. The zero-order chi connectivity index (χ0) is 21.0. The third-order valence-corrected chi connectivity index (χ3v) is 6.97. The summed E-state index contributed by atoms with van der Waals surface area (Å²) in [6.45, 7) is 3.93. The molecule has 9 nitrogen and oxygen atoms in total. The highest BCUT2D eigenvalue weighted by molar-refractivity contribution is 7.89. The molecule has 1 atom stereocenters. The van der Waals surface area contributed by atoms with E-state index in [1.807, 2.05) is 31.0 Å². The summed E-state index contributed by atoms with van der Waals surface area (Å²) in [4.78, 5) is 13.0. The first kappa shape index (κ1) is 21.3. The standard InChI is InChI=1S/C19H26N4O5S/c1-15(5-6-16-4-3-13-28-16)20-18-8-7-17(14-19(18)23(24)25)29(26,27)22-11-9-21(2)10-12-22/h3-4,7-8,13-15,20H,5-6,9-12H2,1-2H3. The number of sulfonamides is 1. The Morgan fingerprint density at radius 3 is 2.59 bits per heavy atom. The Labute approximate surface area is 170 Å². The van der Waals surface area contributed by atoms with Gasteiger partial charge in [0.2, 0.25) is 10.0 Å². The number of nitro groups is 1. The fraction of sp³-hybridized carbons (Fsp3) is 0.474. The number of hydrogen-bond acceptors (Lipinski definition) is 7. The van der Waals surface area contributed by atoms with Gasteiger partial charge in [-0.2, -0.15) is 4.31 Å².